The van der Waals surface area contributed by atoms with Gasteiger partial charge in [-0.05, 0) is 56.3 Å². The Labute approximate surface area is 109 Å². The van der Waals surface area contributed by atoms with Crippen LogP contribution in [0, 0.1) is 17.8 Å². The summed E-state index contributed by atoms with van der Waals surface area (Å²) in [5.41, 5.74) is 1.88. The van der Waals surface area contributed by atoms with E-state index in [4.69, 9.17) is 0 Å². The van der Waals surface area contributed by atoms with Crippen LogP contribution in [0.25, 0.3) is 0 Å². The van der Waals surface area contributed by atoms with Crippen molar-refractivity contribution in [3.05, 3.63) is 23.8 Å². The van der Waals surface area contributed by atoms with E-state index in [0.29, 0.717) is 17.4 Å². The molecule has 0 aliphatic heterocycles. The highest BCUT2D eigenvalue weighted by atomic mass is 16.3. The van der Waals surface area contributed by atoms with Gasteiger partial charge in [-0.3, -0.25) is 0 Å². The van der Waals surface area contributed by atoms with Crippen molar-refractivity contribution in [1.82, 2.24) is 5.32 Å². The Kier molecular flexibility index (Phi) is 2.46. The molecule has 0 amide bonds. The molecule has 0 aromatic rings. The quantitative estimate of drug-likeness (QED) is 0.800. The summed E-state index contributed by atoms with van der Waals surface area (Å²) in [6, 6.07) is 0. The molecule has 0 aromatic heterocycles. The predicted molar refractivity (Wildman–Crippen MR) is 72.1 cm³/mol. The Balaban J connectivity index is 1.47. The Morgan fingerprint density at radius 1 is 1.22 bits per heavy atom. The Hall–Kier alpha value is -0.600. The highest BCUT2D eigenvalue weighted by Crippen LogP contribution is 2.55. The summed E-state index contributed by atoms with van der Waals surface area (Å²) in [6.45, 7) is 1.05. The van der Waals surface area contributed by atoms with Gasteiger partial charge in [0.1, 0.15) is 0 Å². The molecule has 0 radical (unpaired) electrons. The first-order valence-corrected chi connectivity index (χ1v) is 7.52. The number of allylic oxidation sites excluding steroid dienone is 3. The lowest BCUT2D eigenvalue weighted by Crippen LogP contribution is -2.62. The molecule has 2 heteroatoms. The van der Waals surface area contributed by atoms with Gasteiger partial charge in [0, 0.05) is 12.1 Å². The fourth-order valence-electron chi connectivity index (χ4n) is 5.14. The fraction of sp³-hybridized carbons (Fsp3) is 0.750. The highest BCUT2D eigenvalue weighted by Gasteiger charge is 2.54. The standard InChI is InChI=1S/C16H23NO/c18-15-13-5-12-6-14(15)9-16(7-12,8-13)17-10-11-3-1-2-4-11/h1-3,12-15,17-18H,4-10H2. The van der Waals surface area contributed by atoms with Crippen LogP contribution in [0.1, 0.15) is 38.5 Å². The average Bonchev–Trinajstić information content (AvgIpc) is 2.86. The number of aliphatic hydroxyl groups excluding tert-OH is 1. The van der Waals surface area contributed by atoms with E-state index in [-0.39, 0.29) is 6.10 Å². The normalized spacial score (nSPS) is 48.8. The molecule has 5 rings (SSSR count). The minimum absolute atomic E-state index is 0.00355. The number of aliphatic hydroxyl groups is 1. The van der Waals surface area contributed by atoms with Crippen molar-refractivity contribution >= 4 is 0 Å². The van der Waals surface area contributed by atoms with E-state index >= 15 is 0 Å². The van der Waals surface area contributed by atoms with E-state index in [1.807, 2.05) is 0 Å². The summed E-state index contributed by atoms with van der Waals surface area (Å²) in [5, 5.41) is 14.1. The van der Waals surface area contributed by atoms with E-state index in [0.717, 1.165) is 18.9 Å². The van der Waals surface area contributed by atoms with Crippen LogP contribution in [0.15, 0.2) is 23.8 Å². The van der Waals surface area contributed by atoms with Crippen molar-refractivity contribution < 1.29 is 5.11 Å². The first kappa shape index (κ1) is 11.2. The van der Waals surface area contributed by atoms with Crippen LogP contribution >= 0.6 is 0 Å². The molecule has 2 unspecified atom stereocenters. The van der Waals surface area contributed by atoms with Gasteiger partial charge in [-0.15, -0.1) is 0 Å². The molecule has 5 aliphatic rings. The maximum atomic E-state index is 10.3. The summed E-state index contributed by atoms with van der Waals surface area (Å²) >= 11 is 0. The Morgan fingerprint density at radius 2 is 2.00 bits per heavy atom. The molecule has 2 N–H and O–H groups in total. The molecule has 98 valence electrons. The maximum absolute atomic E-state index is 10.3. The summed E-state index contributed by atoms with van der Waals surface area (Å²) in [4.78, 5) is 0. The molecule has 4 saturated carbocycles. The van der Waals surface area contributed by atoms with Crippen LogP contribution in [0.3, 0.4) is 0 Å². The largest absolute Gasteiger partial charge is 0.393 e. The van der Waals surface area contributed by atoms with Crippen LogP contribution < -0.4 is 5.32 Å². The van der Waals surface area contributed by atoms with Gasteiger partial charge < -0.3 is 10.4 Å². The fourth-order valence-corrected chi connectivity index (χ4v) is 5.14. The SMILES string of the molecule is OC1C2CC3CC1CC(NCC1=CC=CC1)(C3)C2. The van der Waals surface area contributed by atoms with E-state index in [9.17, 15) is 5.11 Å². The summed E-state index contributed by atoms with van der Waals surface area (Å²) in [6.07, 6.45) is 14.1. The third-order valence-electron chi connectivity index (χ3n) is 5.76. The molecule has 0 aromatic carbocycles. The number of hydrogen-bond acceptors (Lipinski definition) is 2. The third kappa shape index (κ3) is 1.70. The molecule has 5 aliphatic carbocycles. The topological polar surface area (TPSA) is 32.3 Å². The van der Waals surface area contributed by atoms with Crippen molar-refractivity contribution in [2.45, 2.75) is 50.2 Å². The molecular formula is C16H23NO. The molecule has 2 atom stereocenters. The van der Waals surface area contributed by atoms with E-state index in [1.165, 1.54) is 37.7 Å². The van der Waals surface area contributed by atoms with Gasteiger partial charge >= 0.3 is 0 Å². The number of rotatable bonds is 3. The average molecular weight is 245 g/mol. The summed E-state index contributed by atoms with van der Waals surface area (Å²) in [7, 11) is 0. The minimum atomic E-state index is 0.00355. The van der Waals surface area contributed by atoms with Gasteiger partial charge in [0.15, 0.2) is 0 Å². The van der Waals surface area contributed by atoms with E-state index < -0.39 is 0 Å². The molecule has 0 heterocycles. The zero-order valence-corrected chi connectivity index (χ0v) is 10.9. The van der Waals surface area contributed by atoms with Crippen LogP contribution in [0.2, 0.25) is 0 Å². The van der Waals surface area contributed by atoms with Crippen LogP contribution in [0.5, 0.6) is 0 Å². The van der Waals surface area contributed by atoms with E-state index in [2.05, 4.69) is 23.5 Å². The monoisotopic (exact) mass is 245 g/mol. The highest BCUT2D eigenvalue weighted by molar-refractivity contribution is 5.24. The molecule has 2 nitrogen and oxygen atoms in total. The summed E-state index contributed by atoms with van der Waals surface area (Å²) < 4.78 is 0. The second-order valence-corrected chi connectivity index (χ2v) is 7.05. The molecule has 0 saturated heterocycles. The van der Waals surface area contributed by atoms with Gasteiger partial charge in [-0.2, -0.15) is 0 Å². The number of hydrogen-bond donors (Lipinski definition) is 2. The van der Waals surface area contributed by atoms with Crippen LogP contribution in [-0.2, 0) is 0 Å². The smallest absolute Gasteiger partial charge is 0.0598 e. The van der Waals surface area contributed by atoms with Crippen molar-refractivity contribution in [1.29, 1.82) is 0 Å². The van der Waals surface area contributed by atoms with Gasteiger partial charge in [-0.25, -0.2) is 0 Å². The van der Waals surface area contributed by atoms with E-state index in [1.54, 1.807) is 0 Å². The van der Waals surface area contributed by atoms with Crippen molar-refractivity contribution in [2.24, 2.45) is 17.8 Å². The van der Waals surface area contributed by atoms with Gasteiger partial charge in [0.2, 0.25) is 0 Å². The first-order valence-electron chi connectivity index (χ1n) is 7.52. The lowest BCUT2D eigenvalue weighted by Gasteiger charge is -2.59. The second-order valence-electron chi connectivity index (χ2n) is 7.05. The Morgan fingerprint density at radius 3 is 2.67 bits per heavy atom. The van der Waals surface area contributed by atoms with Crippen LogP contribution in [-0.4, -0.2) is 23.3 Å². The van der Waals surface area contributed by atoms with Gasteiger partial charge in [-0.1, -0.05) is 23.8 Å². The lowest BCUT2D eigenvalue weighted by atomic mass is 9.52. The van der Waals surface area contributed by atoms with Crippen molar-refractivity contribution in [3.63, 3.8) is 0 Å². The molecule has 18 heavy (non-hydrogen) atoms. The lowest BCUT2D eigenvalue weighted by molar-refractivity contribution is -0.111. The second kappa shape index (κ2) is 3.94. The maximum Gasteiger partial charge on any atom is 0.0598 e. The molecule has 4 fully saturated rings. The van der Waals surface area contributed by atoms with Crippen LogP contribution in [0.4, 0.5) is 0 Å². The zero-order chi connectivity index (χ0) is 12.2. The van der Waals surface area contributed by atoms with Gasteiger partial charge in [0.05, 0.1) is 6.10 Å². The summed E-state index contributed by atoms with van der Waals surface area (Å²) in [5.74, 6) is 2.05. The molecule has 0 spiro atoms. The first-order chi connectivity index (χ1) is 8.74. The minimum Gasteiger partial charge on any atom is -0.393 e. The number of nitrogens with one attached hydrogen (secondary N) is 1. The van der Waals surface area contributed by atoms with Crippen molar-refractivity contribution in [2.75, 3.05) is 6.54 Å². The van der Waals surface area contributed by atoms with Gasteiger partial charge in [0.25, 0.3) is 0 Å². The predicted octanol–water partition coefficient (Wildman–Crippen LogP) is 2.40. The zero-order valence-electron chi connectivity index (χ0n) is 10.9. The molecule has 4 bridgehead atoms. The Bertz CT molecular complexity index is 395. The van der Waals surface area contributed by atoms with Crippen molar-refractivity contribution in [3.8, 4) is 0 Å². The third-order valence-corrected chi connectivity index (χ3v) is 5.76. The molecular weight excluding hydrogens is 222 g/mol.